The fraction of sp³-hybridized carbons (Fsp3) is 0.273. The molecule has 2 aromatic carbocycles. The number of nitro benzene ring substituents is 1. The van der Waals surface area contributed by atoms with Gasteiger partial charge in [0.05, 0.1) is 11.3 Å². The van der Waals surface area contributed by atoms with Crippen molar-refractivity contribution in [3.05, 3.63) is 88.5 Å². The summed E-state index contributed by atoms with van der Waals surface area (Å²) in [6.07, 6.45) is 8.44. The van der Waals surface area contributed by atoms with Gasteiger partial charge in [-0.15, -0.1) is 0 Å². The highest BCUT2D eigenvalue weighted by Gasteiger charge is 2.30. The average molecular weight is 390 g/mol. The van der Waals surface area contributed by atoms with E-state index in [0.717, 1.165) is 25.7 Å². The maximum atomic E-state index is 13.1. The molecule has 0 spiro atoms. The number of imidazole rings is 1. The van der Waals surface area contributed by atoms with Crippen molar-refractivity contribution in [2.45, 2.75) is 31.7 Å². The van der Waals surface area contributed by atoms with Gasteiger partial charge in [-0.1, -0.05) is 30.3 Å². The van der Waals surface area contributed by atoms with Crippen LogP contribution >= 0.6 is 0 Å². The Labute approximate surface area is 168 Å². The Morgan fingerprint density at radius 2 is 2.03 bits per heavy atom. The number of aryl methyl sites for hydroxylation is 1. The second-order valence-electron chi connectivity index (χ2n) is 7.25. The number of benzene rings is 2. The molecule has 0 N–H and O–H groups in total. The normalized spacial score (nSPS) is 16.1. The van der Waals surface area contributed by atoms with Crippen LogP contribution in [0, 0.1) is 10.1 Å². The van der Waals surface area contributed by atoms with Crippen molar-refractivity contribution in [2.24, 2.45) is 0 Å². The van der Waals surface area contributed by atoms with Crippen LogP contribution in [-0.2, 0) is 6.42 Å². The summed E-state index contributed by atoms with van der Waals surface area (Å²) in [7, 11) is 0. The fourth-order valence-corrected chi connectivity index (χ4v) is 3.97. The molecule has 7 nitrogen and oxygen atoms in total. The molecule has 1 aromatic heterocycles. The minimum atomic E-state index is -0.455. The number of nitro groups is 1. The van der Waals surface area contributed by atoms with Gasteiger partial charge < -0.3 is 9.47 Å². The van der Waals surface area contributed by atoms with E-state index in [1.807, 2.05) is 23.1 Å². The van der Waals surface area contributed by atoms with E-state index in [2.05, 4.69) is 17.1 Å². The highest BCUT2D eigenvalue weighted by Crippen LogP contribution is 2.28. The predicted octanol–water partition coefficient (Wildman–Crippen LogP) is 4.02. The Kier molecular flexibility index (Phi) is 5.37. The number of amides is 1. The first kappa shape index (κ1) is 18.9. The first-order chi connectivity index (χ1) is 14.1. The van der Waals surface area contributed by atoms with Crippen molar-refractivity contribution >= 4 is 11.6 Å². The lowest BCUT2D eigenvalue weighted by Crippen LogP contribution is -2.35. The van der Waals surface area contributed by atoms with Gasteiger partial charge in [0, 0.05) is 36.6 Å². The molecule has 1 saturated heterocycles. The molecule has 1 aliphatic rings. The van der Waals surface area contributed by atoms with Gasteiger partial charge in [-0.3, -0.25) is 14.9 Å². The van der Waals surface area contributed by atoms with Gasteiger partial charge in [0.2, 0.25) is 0 Å². The van der Waals surface area contributed by atoms with Gasteiger partial charge in [-0.2, -0.15) is 0 Å². The monoisotopic (exact) mass is 390 g/mol. The summed E-state index contributed by atoms with van der Waals surface area (Å²) in [5.74, 6) is -0.138. The zero-order valence-corrected chi connectivity index (χ0v) is 16.0. The smallest absolute Gasteiger partial charge is 0.294 e. The predicted molar refractivity (Wildman–Crippen MR) is 109 cm³/mol. The maximum absolute atomic E-state index is 13.1. The van der Waals surface area contributed by atoms with E-state index in [1.54, 1.807) is 29.1 Å². The molecule has 1 amide bonds. The SMILES string of the molecule is O=C(c1ccc(-n2ccnc2)c([N+](=O)[O-])c1)N1CCCC1CCc1ccccc1. The quantitative estimate of drug-likeness (QED) is 0.470. The van der Waals surface area contributed by atoms with Crippen LogP contribution in [0.25, 0.3) is 5.69 Å². The number of hydrogen-bond acceptors (Lipinski definition) is 4. The Bertz CT molecular complexity index is 1000. The summed E-state index contributed by atoms with van der Waals surface area (Å²) >= 11 is 0. The van der Waals surface area contributed by atoms with Crippen molar-refractivity contribution < 1.29 is 9.72 Å². The van der Waals surface area contributed by atoms with Crippen LogP contribution in [0.1, 0.15) is 35.2 Å². The number of likely N-dealkylation sites (tertiary alicyclic amines) is 1. The lowest BCUT2D eigenvalue weighted by molar-refractivity contribution is -0.384. The Morgan fingerprint density at radius 1 is 1.21 bits per heavy atom. The Balaban J connectivity index is 1.53. The van der Waals surface area contributed by atoms with Gasteiger partial charge in [0.15, 0.2) is 0 Å². The highest BCUT2D eigenvalue weighted by molar-refractivity contribution is 5.95. The third-order valence-electron chi connectivity index (χ3n) is 5.45. The van der Waals surface area contributed by atoms with Gasteiger partial charge in [-0.05, 0) is 43.4 Å². The third-order valence-corrected chi connectivity index (χ3v) is 5.45. The second-order valence-corrected chi connectivity index (χ2v) is 7.25. The standard InChI is InChI=1S/C22H22N4O3/c27-22(25-13-4-7-19(25)10-8-17-5-2-1-3-6-17)18-9-11-20(21(15-18)26(28)29)24-14-12-23-16-24/h1-3,5-6,9,11-12,14-16,19H,4,7-8,10,13H2. The van der Waals surface area contributed by atoms with E-state index in [-0.39, 0.29) is 17.6 Å². The van der Waals surface area contributed by atoms with Crippen LogP contribution in [-0.4, -0.2) is 37.9 Å². The van der Waals surface area contributed by atoms with E-state index in [0.29, 0.717) is 17.8 Å². The van der Waals surface area contributed by atoms with Crippen molar-refractivity contribution in [1.82, 2.24) is 14.5 Å². The van der Waals surface area contributed by atoms with E-state index in [4.69, 9.17) is 0 Å². The molecule has 1 fully saturated rings. The molecule has 1 unspecified atom stereocenters. The average Bonchev–Trinajstić information content (AvgIpc) is 3.44. The molecular formula is C22H22N4O3. The minimum absolute atomic E-state index is 0.103. The van der Waals surface area contributed by atoms with Crippen LogP contribution in [0.4, 0.5) is 5.69 Å². The van der Waals surface area contributed by atoms with Gasteiger partial charge in [-0.25, -0.2) is 4.98 Å². The van der Waals surface area contributed by atoms with Crippen molar-refractivity contribution in [2.75, 3.05) is 6.54 Å². The van der Waals surface area contributed by atoms with Crippen molar-refractivity contribution in [3.8, 4) is 5.69 Å². The van der Waals surface area contributed by atoms with E-state index >= 15 is 0 Å². The third kappa shape index (κ3) is 4.03. The molecule has 3 aromatic rings. The molecule has 4 rings (SSSR count). The van der Waals surface area contributed by atoms with E-state index < -0.39 is 4.92 Å². The van der Waals surface area contributed by atoms with Gasteiger partial charge in [0.25, 0.3) is 11.6 Å². The zero-order valence-electron chi connectivity index (χ0n) is 16.0. The van der Waals surface area contributed by atoms with Crippen LogP contribution in [0.5, 0.6) is 0 Å². The number of aromatic nitrogens is 2. The molecule has 7 heteroatoms. The molecule has 0 radical (unpaired) electrons. The first-order valence-electron chi connectivity index (χ1n) is 9.75. The summed E-state index contributed by atoms with van der Waals surface area (Å²) in [6, 6.07) is 15.1. The molecule has 0 aliphatic carbocycles. The number of carbonyl (C=O) groups is 1. The topological polar surface area (TPSA) is 81.3 Å². The van der Waals surface area contributed by atoms with Crippen LogP contribution < -0.4 is 0 Å². The first-order valence-corrected chi connectivity index (χ1v) is 9.75. The molecule has 0 saturated carbocycles. The maximum Gasteiger partial charge on any atom is 0.294 e. The largest absolute Gasteiger partial charge is 0.336 e. The number of carbonyl (C=O) groups excluding carboxylic acids is 1. The Hall–Kier alpha value is -3.48. The second kappa shape index (κ2) is 8.26. The molecule has 2 heterocycles. The molecule has 29 heavy (non-hydrogen) atoms. The van der Waals surface area contributed by atoms with Gasteiger partial charge >= 0.3 is 0 Å². The molecule has 0 bridgehead atoms. The van der Waals surface area contributed by atoms with Gasteiger partial charge in [0.1, 0.15) is 5.69 Å². The van der Waals surface area contributed by atoms with E-state index in [9.17, 15) is 14.9 Å². The van der Waals surface area contributed by atoms with Crippen LogP contribution in [0.15, 0.2) is 67.3 Å². The molecule has 1 atom stereocenters. The molecule has 1 aliphatic heterocycles. The summed E-state index contributed by atoms with van der Waals surface area (Å²) in [5.41, 5.74) is 1.90. The minimum Gasteiger partial charge on any atom is -0.336 e. The van der Waals surface area contributed by atoms with Crippen LogP contribution in [0.3, 0.4) is 0 Å². The van der Waals surface area contributed by atoms with Crippen molar-refractivity contribution in [1.29, 1.82) is 0 Å². The number of nitrogens with zero attached hydrogens (tertiary/aromatic N) is 4. The van der Waals surface area contributed by atoms with Crippen molar-refractivity contribution in [3.63, 3.8) is 0 Å². The number of hydrogen-bond donors (Lipinski definition) is 0. The Morgan fingerprint density at radius 3 is 2.76 bits per heavy atom. The summed E-state index contributed by atoms with van der Waals surface area (Å²) in [5, 5.41) is 11.6. The summed E-state index contributed by atoms with van der Waals surface area (Å²) < 4.78 is 1.57. The van der Waals surface area contributed by atoms with Crippen LogP contribution in [0.2, 0.25) is 0 Å². The number of rotatable bonds is 6. The fourth-order valence-electron chi connectivity index (χ4n) is 3.97. The van der Waals surface area contributed by atoms with E-state index in [1.165, 1.54) is 18.0 Å². The summed E-state index contributed by atoms with van der Waals surface area (Å²) in [6.45, 7) is 0.690. The lowest BCUT2D eigenvalue weighted by atomic mass is 10.0. The summed E-state index contributed by atoms with van der Waals surface area (Å²) in [4.78, 5) is 30.1. The lowest BCUT2D eigenvalue weighted by Gasteiger charge is -2.25. The zero-order chi connectivity index (χ0) is 20.2. The molecule has 148 valence electrons. The highest BCUT2D eigenvalue weighted by atomic mass is 16.6. The molecular weight excluding hydrogens is 368 g/mol.